The summed E-state index contributed by atoms with van der Waals surface area (Å²) < 4.78 is 0.978. The highest BCUT2D eigenvalue weighted by molar-refractivity contribution is 9.10. The Bertz CT molecular complexity index is 846. The first-order valence-electron chi connectivity index (χ1n) is 6.98. The molecule has 0 radical (unpaired) electrons. The number of amides is 1. The molecule has 1 heterocycles. The minimum absolute atomic E-state index is 0.111. The molecule has 0 unspecified atom stereocenters. The lowest BCUT2D eigenvalue weighted by Gasteiger charge is -2.12. The highest BCUT2D eigenvalue weighted by Crippen LogP contribution is 2.24. The number of aryl methyl sites for hydroxylation is 2. The molecule has 0 fully saturated rings. The topological polar surface area (TPSA) is 42.0 Å². The van der Waals surface area contributed by atoms with Crippen LogP contribution in [0.15, 0.2) is 53.1 Å². The largest absolute Gasteiger partial charge is 0.320 e. The lowest BCUT2D eigenvalue weighted by atomic mass is 10.0. The first kappa shape index (κ1) is 14.7. The van der Waals surface area contributed by atoms with Gasteiger partial charge in [0.25, 0.3) is 5.91 Å². The van der Waals surface area contributed by atoms with E-state index in [0.717, 1.165) is 32.2 Å². The van der Waals surface area contributed by atoms with Gasteiger partial charge in [-0.05, 0) is 49.2 Å². The molecule has 2 aromatic carbocycles. The molecular formula is C18H15BrN2O. The molecule has 0 saturated heterocycles. The molecule has 4 heteroatoms. The average Bonchev–Trinajstić information content (AvgIpc) is 2.46. The van der Waals surface area contributed by atoms with E-state index in [9.17, 15) is 4.79 Å². The molecule has 0 aliphatic rings. The number of fused-ring (bicyclic) bond motifs is 1. The van der Waals surface area contributed by atoms with Crippen LogP contribution < -0.4 is 5.32 Å². The first-order chi connectivity index (χ1) is 10.6. The van der Waals surface area contributed by atoms with E-state index in [-0.39, 0.29) is 5.91 Å². The van der Waals surface area contributed by atoms with E-state index in [4.69, 9.17) is 0 Å². The molecule has 1 N–H and O–H groups in total. The summed E-state index contributed by atoms with van der Waals surface area (Å²) in [5.41, 5.74) is 4.11. The molecule has 0 saturated carbocycles. The Morgan fingerprint density at radius 1 is 1.09 bits per heavy atom. The summed E-state index contributed by atoms with van der Waals surface area (Å²) in [6, 6.07) is 13.5. The van der Waals surface area contributed by atoms with Crippen LogP contribution in [0.1, 0.15) is 21.5 Å². The van der Waals surface area contributed by atoms with Crippen LogP contribution in [-0.4, -0.2) is 10.9 Å². The monoisotopic (exact) mass is 354 g/mol. The lowest BCUT2D eigenvalue weighted by molar-refractivity contribution is 0.102. The summed E-state index contributed by atoms with van der Waals surface area (Å²) in [6.07, 6.45) is 1.73. The SMILES string of the molecule is Cc1cc(Br)cc(C)c1C(=O)Nc1cccc2cccnc12. The second kappa shape index (κ2) is 5.89. The Balaban J connectivity index is 2.01. The lowest BCUT2D eigenvalue weighted by Crippen LogP contribution is -2.15. The standard InChI is InChI=1S/C18H15BrN2O/c1-11-9-14(19)10-12(2)16(11)18(22)21-15-7-3-5-13-6-4-8-20-17(13)15/h3-10H,1-2H3,(H,21,22). The second-order valence-electron chi connectivity index (χ2n) is 5.25. The Morgan fingerprint density at radius 2 is 1.77 bits per heavy atom. The van der Waals surface area contributed by atoms with Gasteiger partial charge in [-0.2, -0.15) is 0 Å². The maximum Gasteiger partial charge on any atom is 0.256 e. The van der Waals surface area contributed by atoms with Crippen molar-refractivity contribution in [1.29, 1.82) is 0 Å². The van der Waals surface area contributed by atoms with Gasteiger partial charge in [0.2, 0.25) is 0 Å². The highest BCUT2D eigenvalue weighted by atomic mass is 79.9. The number of carbonyl (C=O) groups is 1. The summed E-state index contributed by atoms with van der Waals surface area (Å²) in [4.78, 5) is 17.0. The minimum Gasteiger partial charge on any atom is -0.320 e. The minimum atomic E-state index is -0.111. The number of pyridine rings is 1. The number of anilines is 1. The van der Waals surface area contributed by atoms with E-state index in [2.05, 4.69) is 26.2 Å². The Labute approximate surface area is 137 Å². The van der Waals surface area contributed by atoms with Gasteiger partial charge in [-0.3, -0.25) is 9.78 Å². The first-order valence-corrected chi connectivity index (χ1v) is 7.77. The fourth-order valence-corrected chi connectivity index (χ4v) is 3.35. The molecule has 0 atom stereocenters. The zero-order valence-electron chi connectivity index (χ0n) is 12.4. The fraction of sp³-hybridized carbons (Fsp3) is 0.111. The van der Waals surface area contributed by atoms with Crippen LogP contribution in [0.5, 0.6) is 0 Å². The molecule has 110 valence electrons. The zero-order chi connectivity index (χ0) is 15.7. The number of nitrogens with one attached hydrogen (secondary N) is 1. The van der Waals surface area contributed by atoms with Crippen LogP contribution in [0.2, 0.25) is 0 Å². The number of rotatable bonds is 2. The zero-order valence-corrected chi connectivity index (χ0v) is 13.9. The van der Waals surface area contributed by atoms with Crippen LogP contribution in [-0.2, 0) is 0 Å². The molecule has 0 aliphatic heterocycles. The highest BCUT2D eigenvalue weighted by Gasteiger charge is 2.14. The van der Waals surface area contributed by atoms with Crippen molar-refractivity contribution in [3.63, 3.8) is 0 Å². The van der Waals surface area contributed by atoms with Gasteiger partial charge >= 0.3 is 0 Å². The van der Waals surface area contributed by atoms with E-state index in [0.29, 0.717) is 5.56 Å². The smallest absolute Gasteiger partial charge is 0.256 e. The van der Waals surface area contributed by atoms with Crippen molar-refractivity contribution in [2.75, 3.05) is 5.32 Å². The number of carbonyl (C=O) groups excluding carboxylic acids is 1. The van der Waals surface area contributed by atoms with Crippen LogP contribution >= 0.6 is 15.9 Å². The van der Waals surface area contributed by atoms with E-state index < -0.39 is 0 Å². The number of nitrogens with zero attached hydrogens (tertiary/aromatic N) is 1. The van der Waals surface area contributed by atoms with Crippen molar-refractivity contribution in [1.82, 2.24) is 4.98 Å². The molecule has 0 aliphatic carbocycles. The molecule has 3 nitrogen and oxygen atoms in total. The third kappa shape index (κ3) is 2.74. The molecule has 3 aromatic rings. The van der Waals surface area contributed by atoms with E-state index >= 15 is 0 Å². The second-order valence-corrected chi connectivity index (χ2v) is 6.17. The van der Waals surface area contributed by atoms with Crippen LogP contribution in [0.25, 0.3) is 10.9 Å². The van der Waals surface area contributed by atoms with Crippen molar-refractivity contribution in [3.8, 4) is 0 Å². The van der Waals surface area contributed by atoms with E-state index in [1.165, 1.54) is 0 Å². The van der Waals surface area contributed by atoms with Gasteiger partial charge in [0, 0.05) is 21.6 Å². The number of hydrogen-bond acceptors (Lipinski definition) is 2. The summed E-state index contributed by atoms with van der Waals surface area (Å²) in [6.45, 7) is 3.88. The van der Waals surface area contributed by atoms with Gasteiger partial charge in [0.05, 0.1) is 11.2 Å². The normalized spacial score (nSPS) is 10.7. The third-order valence-electron chi connectivity index (χ3n) is 3.61. The summed E-state index contributed by atoms with van der Waals surface area (Å²) in [5.74, 6) is -0.111. The van der Waals surface area contributed by atoms with Gasteiger partial charge in [0.1, 0.15) is 0 Å². The third-order valence-corrected chi connectivity index (χ3v) is 4.06. The summed E-state index contributed by atoms with van der Waals surface area (Å²) in [7, 11) is 0. The predicted molar refractivity (Wildman–Crippen MR) is 93.3 cm³/mol. The fourth-order valence-electron chi connectivity index (χ4n) is 2.66. The van der Waals surface area contributed by atoms with E-state index in [1.807, 2.05) is 56.3 Å². The Morgan fingerprint density at radius 3 is 2.50 bits per heavy atom. The van der Waals surface area contributed by atoms with Gasteiger partial charge in [-0.25, -0.2) is 0 Å². The van der Waals surface area contributed by atoms with Gasteiger partial charge in [-0.1, -0.05) is 34.1 Å². The average molecular weight is 355 g/mol. The number of aromatic nitrogens is 1. The van der Waals surface area contributed by atoms with Crippen LogP contribution in [0.4, 0.5) is 5.69 Å². The number of hydrogen-bond donors (Lipinski definition) is 1. The number of benzene rings is 2. The quantitative estimate of drug-likeness (QED) is 0.713. The number of para-hydroxylation sites is 1. The summed E-state index contributed by atoms with van der Waals surface area (Å²) >= 11 is 3.45. The van der Waals surface area contributed by atoms with Gasteiger partial charge in [0.15, 0.2) is 0 Å². The molecule has 1 aromatic heterocycles. The summed E-state index contributed by atoms with van der Waals surface area (Å²) in [5, 5.41) is 3.99. The van der Waals surface area contributed by atoms with Gasteiger partial charge < -0.3 is 5.32 Å². The molecule has 0 bridgehead atoms. The number of halogens is 1. The Kier molecular flexibility index (Phi) is 3.94. The van der Waals surface area contributed by atoms with Crippen molar-refractivity contribution < 1.29 is 4.79 Å². The maximum atomic E-state index is 12.7. The van der Waals surface area contributed by atoms with Crippen LogP contribution in [0, 0.1) is 13.8 Å². The van der Waals surface area contributed by atoms with Gasteiger partial charge in [-0.15, -0.1) is 0 Å². The molecule has 3 rings (SSSR count). The van der Waals surface area contributed by atoms with E-state index in [1.54, 1.807) is 6.20 Å². The molecule has 1 amide bonds. The predicted octanol–water partition coefficient (Wildman–Crippen LogP) is 4.87. The molecule has 0 spiro atoms. The Hall–Kier alpha value is -2.20. The van der Waals surface area contributed by atoms with Crippen molar-refractivity contribution in [2.24, 2.45) is 0 Å². The van der Waals surface area contributed by atoms with Crippen molar-refractivity contribution >= 4 is 38.4 Å². The van der Waals surface area contributed by atoms with Crippen molar-refractivity contribution in [2.45, 2.75) is 13.8 Å². The molecular weight excluding hydrogens is 340 g/mol. The van der Waals surface area contributed by atoms with Crippen LogP contribution in [0.3, 0.4) is 0 Å². The maximum absolute atomic E-state index is 12.7. The van der Waals surface area contributed by atoms with Crippen molar-refractivity contribution in [3.05, 3.63) is 69.8 Å². The molecule has 22 heavy (non-hydrogen) atoms.